The molecule has 1 aromatic heterocycles. The van der Waals surface area contributed by atoms with Crippen LogP contribution in [0.3, 0.4) is 0 Å². The van der Waals surface area contributed by atoms with Crippen molar-refractivity contribution < 1.29 is 22.7 Å². The molecule has 1 amide bonds. The lowest BCUT2D eigenvalue weighted by Crippen LogP contribution is -2.33. The molecule has 10 heteroatoms. The number of likely N-dealkylation sites (N-methyl/N-ethyl adjacent to an activating group) is 1. The van der Waals surface area contributed by atoms with Gasteiger partial charge in [0.1, 0.15) is 0 Å². The minimum absolute atomic E-state index is 0.189. The minimum atomic E-state index is -3.74. The summed E-state index contributed by atoms with van der Waals surface area (Å²) in [5.41, 5.74) is 2.25. The molecule has 1 N–H and O–H groups in total. The SMILES string of the molecule is CN(CC(=O)Nc1nc(-c2ccc3c(c2)OCO3)cs1)S(=O)(=O)/C=C/c1ccccc1. The zero-order valence-electron chi connectivity index (χ0n) is 16.5. The van der Waals surface area contributed by atoms with Crippen LogP contribution in [0.4, 0.5) is 5.13 Å². The van der Waals surface area contributed by atoms with Gasteiger partial charge in [0.2, 0.25) is 22.7 Å². The quantitative estimate of drug-likeness (QED) is 0.584. The molecule has 2 aromatic carbocycles. The molecule has 160 valence electrons. The average molecular weight is 458 g/mol. The summed E-state index contributed by atoms with van der Waals surface area (Å²) < 4.78 is 36.4. The topological polar surface area (TPSA) is 97.8 Å². The van der Waals surface area contributed by atoms with E-state index in [-0.39, 0.29) is 13.3 Å². The molecule has 0 unspecified atom stereocenters. The first-order chi connectivity index (χ1) is 14.9. The maximum Gasteiger partial charge on any atom is 0.241 e. The van der Waals surface area contributed by atoms with E-state index in [4.69, 9.17) is 9.47 Å². The fourth-order valence-corrected chi connectivity index (χ4v) is 4.37. The van der Waals surface area contributed by atoms with E-state index in [1.165, 1.54) is 24.5 Å². The highest BCUT2D eigenvalue weighted by atomic mass is 32.2. The van der Waals surface area contributed by atoms with Gasteiger partial charge in [0, 0.05) is 23.4 Å². The largest absolute Gasteiger partial charge is 0.454 e. The van der Waals surface area contributed by atoms with E-state index in [1.54, 1.807) is 23.6 Å². The van der Waals surface area contributed by atoms with Crippen LogP contribution in [0.15, 0.2) is 59.3 Å². The third kappa shape index (κ3) is 5.10. The summed E-state index contributed by atoms with van der Waals surface area (Å²) in [6.45, 7) is -0.144. The molecule has 8 nitrogen and oxygen atoms in total. The highest BCUT2D eigenvalue weighted by Gasteiger charge is 2.19. The van der Waals surface area contributed by atoms with Crippen molar-refractivity contribution >= 4 is 38.5 Å². The molecule has 4 rings (SSSR count). The van der Waals surface area contributed by atoms with Gasteiger partial charge in [-0.15, -0.1) is 11.3 Å². The Kier molecular flexibility index (Phi) is 6.03. The van der Waals surface area contributed by atoms with Crippen LogP contribution < -0.4 is 14.8 Å². The van der Waals surface area contributed by atoms with Gasteiger partial charge >= 0.3 is 0 Å². The highest BCUT2D eigenvalue weighted by molar-refractivity contribution is 7.92. The third-order valence-electron chi connectivity index (χ3n) is 4.45. The molecule has 31 heavy (non-hydrogen) atoms. The molecule has 0 bridgehead atoms. The maximum atomic E-state index is 12.4. The number of carbonyl (C=O) groups excluding carboxylic acids is 1. The number of rotatable bonds is 7. The Labute approximate surface area is 183 Å². The van der Waals surface area contributed by atoms with Gasteiger partial charge in [-0.3, -0.25) is 4.79 Å². The number of amides is 1. The van der Waals surface area contributed by atoms with Crippen LogP contribution in [0, 0.1) is 0 Å². The predicted octanol–water partition coefficient (Wildman–Crippen LogP) is 3.41. The highest BCUT2D eigenvalue weighted by Crippen LogP contribution is 2.36. The summed E-state index contributed by atoms with van der Waals surface area (Å²) in [6, 6.07) is 14.5. The van der Waals surface area contributed by atoms with Crippen LogP contribution in [-0.4, -0.2) is 44.0 Å². The number of nitrogens with one attached hydrogen (secondary N) is 1. The van der Waals surface area contributed by atoms with Crippen molar-refractivity contribution in [2.24, 2.45) is 0 Å². The number of sulfonamides is 1. The van der Waals surface area contributed by atoms with Gasteiger partial charge in [-0.25, -0.2) is 13.4 Å². The van der Waals surface area contributed by atoms with Crippen molar-refractivity contribution in [3.63, 3.8) is 0 Å². The molecular weight excluding hydrogens is 438 g/mol. The summed E-state index contributed by atoms with van der Waals surface area (Å²) in [5.74, 6) is 0.843. The van der Waals surface area contributed by atoms with Crippen molar-refractivity contribution in [1.82, 2.24) is 9.29 Å². The van der Waals surface area contributed by atoms with Gasteiger partial charge in [0.15, 0.2) is 16.6 Å². The van der Waals surface area contributed by atoms with E-state index < -0.39 is 15.9 Å². The maximum absolute atomic E-state index is 12.4. The molecule has 0 spiro atoms. The smallest absolute Gasteiger partial charge is 0.241 e. The van der Waals surface area contributed by atoms with E-state index in [1.807, 2.05) is 30.3 Å². The fourth-order valence-electron chi connectivity index (χ4n) is 2.80. The van der Waals surface area contributed by atoms with E-state index in [0.29, 0.717) is 22.3 Å². The zero-order chi connectivity index (χ0) is 21.8. The number of anilines is 1. The van der Waals surface area contributed by atoms with Crippen LogP contribution in [0.1, 0.15) is 5.56 Å². The van der Waals surface area contributed by atoms with Gasteiger partial charge in [0.25, 0.3) is 0 Å². The van der Waals surface area contributed by atoms with E-state index in [9.17, 15) is 13.2 Å². The van der Waals surface area contributed by atoms with Gasteiger partial charge in [0.05, 0.1) is 12.2 Å². The second-order valence-corrected chi connectivity index (χ2v) is 9.45. The second-order valence-electron chi connectivity index (χ2n) is 6.67. The zero-order valence-corrected chi connectivity index (χ0v) is 18.2. The number of benzene rings is 2. The number of hydrogen-bond donors (Lipinski definition) is 1. The Hall–Kier alpha value is -3.21. The summed E-state index contributed by atoms with van der Waals surface area (Å²) >= 11 is 1.25. The molecule has 1 aliphatic heterocycles. The number of aromatic nitrogens is 1. The monoisotopic (exact) mass is 457 g/mol. The van der Waals surface area contributed by atoms with Crippen molar-refractivity contribution in [2.75, 3.05) is 25.7 Å². The van der Waals surface area contributed by atoms with Crippen LogP contribution in [0.2, 0.25) is 0 Å². The molecule has 2 heterocycles. The number of nitrogens with zero attached hydrogens (tertiary/aromatic N) is 2. The molecule has 0 aliphatic carbocycles. The summed E-state index contributed by atoms with van der Waals surface area (Å²) in [4.78, 5) is 16.7. The van der Waals surface area contributed by atoms with Gasteiger partial charge in [-0.05, 0) is 29.8 Å². The second kappa shape index (κ2) is 8.88. The van der Waals surface area contributed by atoms with Crippen molar-refractivity contribution in [1.29, 1.82) is 0 Å². The lowest BCUT2D eigenvalue weighted by molar-refractivity contribution is -0.116. The average Bonchev–Trinajstić information content (AvgIpc) is 3.41. The first-order valence-electron chi connectivity index (χ1n) is 9.25. The Morgan fingerprint density at radius 2 is 1.97 bits per heavy atom. The first-order valence-corrected chi connectivity index (χ1v) is 11.6. The van der Waals surface area contributed by atoms with Crippen LogP contribution in [0.5, 0.6) is 11.5 Å². The number of fused-ring (bicyclic) bond motifs is 1. The molecule has 0 saturated heterocycles. The van der Waals surface area contributed by atoms with E-state index >= 15 is 0 Å². The van der Waals surface area contributed by atoms with Gasteiger partial charge in [-0.2, -0.15) is 4.31 Å². The molecule has 0 atom stereocenters. The number of thiazole rings is 1. The minimum Gasteiger partial charge on any atom is -0.454 e. The lowest BCUT2D eigenvalue weighted by Gasteiger charge is -2.13. The predicted molar refractivity (Wildman–Crippen MR) is 119 cm³/mol. The fraction of sp³-hybridized carbons (Fsp3) is 0.143. The van der Waals surface area contributed by atoms with Gasteiger partial charge in [-0.1, -0.05) is 30.3 Å². The van der Waals surface area contributed by atoms with E-state index in [0.717, 1.165) is 20.8 Å². The molecule has 3 aromatic rings. The molecule has 0 saturated carbocycles. The van der Waals surface area contributed by atoms with Crippen molar-refractivity contribution in [3.05, 3.63) is 64.9 Å². The van der Waals surface area contributed by atoms with Crippen LogP contribution in [-0.2, 0) is 14.8 Å². The standard InChI is InChI=1S/C21H19N3O5S2/c1-24(31(26,27)10-9-15-5-3-2-4-6-15)12-20(25)23-21-22-17(13-30-21)16-7-8-18-19(11-16)29-14-28-18/h2-11,13H,12,14H2,1H3,(H,22,23,25)/b10-9+. The molecule has 0 fully saturated rings. The molecular formula is C21H19N3O5S2. The summed E-state index contributed by atoms with van der Waals surface area (Å²) in [5, 5.41) is 5.90. The lowest BCUT2D eigenvalue weighted by atomic mass is 10.1. The number of carbonyl (C=O) groups is 1. The number of hydrogen-bond acceptors (Lipinski definition) is 7. The third-order valence-corrected chi connectivity index (χ3v) is 6.69. The number of ether oxygens (including phenoxy) is 2. The Bertz CT molecular complexity index is 1220. The Morgan fingerprint density at radius 1 is 1.19 bits per heavy atom. The van der Waals surface area contributed by atoms with Crippen molar-refractivity contribution in [2.45, 2.75) is 0 Å². The first kappa shape index (κ1) is 21.0. The summed E-state index contributed by atoms with van der Waals surface area (Å²) in [7, 11) is -2.39. The van der Waals surface area contributed by atoms with E-state index in [2.05, 4.69) is 10.3 Å². The molecule has 0 radical (unpaired) electrons. The molecule has 1 aliphatic rings. The Morgan fingerprint density at radius 3 is 2.77 bits per heavy atom. The van der Waals surface area contributed by atoms with Crippen LogP contribution >= 0.6 is 11.3 Å². The van der Waals surface area contributed by atoms with Crippen molar-refractivity contribution in [3.8, 4) is 22.8 Å². The van der Waals surface area contributed by atoms with Gasteiger partial charge < -0.3 is 14.8 Å². The summed E-state index contributed by atoms with van der Waals surface area (Å²) in [6.07, 6.45) is 1.49. The normalized spacial score (nSPS) is 13.1. The Balaban J connectivity index is 1.37. The van der Waals surface area contributed by atoms with Crippen LogP contribution in [0.25, 0.3) is 17.3 Å².